The van der Waals surface area contributed by atoms with Crippen molar-refractivity contribution in [2.45, 2.75) is 26.4 Å². The molecular weight excluding hydrogens is 702 g/mol. The molecule has 0 aromatic heterocycles. The van der Waals surface area contributed by atoms with Crippen LogP contribution in [0.4, 0.5) is 5.69 Å². The predicted molar refractivity (Wildman–Crippen MR) is 204 cm³/mol. The molecule has 0 saturated heterocycles. The van der Waals surface area contributed by atoms with Crippen LogP contribution in [0, 0.1) is 0 Å². The Bertz CT molecular complexity index is 1080. The number of carbonyl (C=O) groups is 1. The van der Waals surface area contributed by atoms with Gasteiger partial charge in [-0.1, -0.05) is 43.7 Å². The summed E-state index contributed by atoms with van der Waals surface area (Å²) in [6.07, 6.45) is 2.24. The van der Waals surface area contributed by atoms with Crippen LogP contribution in [-0.4, -0.2) is 158 Å². The van der Waals surface area contributed by atoms with Crippen molar-refractivity contribution < 1.29 is 61.6 Å². The van der Waals surface area contributed by atoms with Crippen molar-refractivity contribution in [1.82, 2.24) is 0 Å². The number of unbranched alkanes of at least 4 members (excludes halogenated alkanes) is 1. The van der Waals surface area contributed by atoms with Crippen LogP contribution in [0.25, 0.3) is 0 Å². The fraction of sp³-hybridized carbons (Fsp3) is 0.675. The molecule has 0 aliphatic carbocycles. The third-order valence-corrected chi connectivity index (χ3v) is 7.27. The number of ether oxygens (including phenoxy) is 12. The predicted octanol–water partition coefficient (Wildman–Crippen LogP) is 4.44. The second-order valence-electron chi connectivity index (χ2n) is 11.7. The number of hydrogen-bond acceptors (Lipinski definition) is 14. The molecule has 308 valence electrons. The van der Waals surface area contributed by atoms with Crippen molar-refractivity contribution >= 4 is 11.7 Å². The Balaban J connectivity index is 1.17. The quantitative estimate of drug-likeness (QED) is 0.0755. The van der Waals surface area contributed by atoms with Crippen molar-refractivity contribution in [1.29, 1.82) is 0 Å². The normalized spacial score (nSPS) is 11.3. The summed E-state index contributed by atoms with van der Waals surface area (Å²) in [4.78, 5) is 12.1. The largest absolute Gasteiger partial charge is 0.460 e. The number of rotatable bonds is 40. The van der Waals surface area contributed by atoms with Gasteiger partial charge in [0.2, 0.25) is 0 Å². The molecule has 14 nitrogen and oxygen atoms in total. The number of esters is 1. The number of carbonyl (C=O) groups excluding carboxylic acids is 1. The highest BCUT2D eigenvalue weighted by molar-refractivity contribution is 5.89. The third-order valence-electron chi connectivity index (χ3n) is 7.27. The van der Waals surface area contributed by atoms with Crippen LogP contribution in [0.3, 0.4) is 0 Å². The van der Waals surface area contributed by atoms with E-state index < -0.39 is 0 Å². The van der Waals surface area contributed by atoms with Crippen LogP contribution in [-0.2, 0) is 63.4 Å². The van der Waals surface area contributed by atoms with Crippen LogP contribution < -0.4 is 5.32 Å². The number of hydrogen-bond donors (Lipinski definition) is 1. The second-order valence-corrected chi connectivity index (χ2v) is 11.7. The molecule has 0 bridgehead atoms. The van der Waals surface area contributed by atoms with E-state index in [2.05, 4.69) is 12.2 Å². The average Bonchev–Trinajstić information content (AvgIpc) is 3.20. The smallest absolute Gasteiger partial charge is 0.338 e. The Labute approximate surface area is 322 Å². The van der Waals surface area contributed by atoms with E-state index in [1.165, 1.54) is 0 Å². The highest BCUT2D eigenvalue weighted by Gasteiger charge is 2.07. The zero-order valence-electron chi connectivity index (χ0n) is 32.4. The first-order valence-corrected chi connectivity index (χ1v) is 19.2. The summed E-state index contributed by atoms with van der Waals surface area (Å²) >= 11 is 0. The van der Waals surface area contributed by atoms with Crippen molar-refractivity contribution in [3.05, 3.63) is 65.7 Å². The zero-order chi connectivity index (χ0) is 38.3. The van der Waals surface area contributed by atoms with Crippen molar-refractivity contribution in [3.63, 3.8) is 0 Å². The summed E-state index contributed by atoms with van der Waals surface area (Å²) in [5, 5.41) is 3.32. The van der Waals surface area contributed by atoms with Crippen molar-refractivity contribution in [2.24, 2.45) is 0 Å². The van der Waals surface area contributed by atoms with Crippen LogP contribution in [0.1, 0.15) is 35.7 Å². The van der Waals surface area contributed by atoms with Gasteiger partial charge in [-0.3, -0.25) is 0 Å². The molecule has 2 aromatic carbocycles. The van der Waals surface area contributed by atoms with E-state index in [1.807, 2.05) is 42.5 Å². The molecule has 54 heavy (non-hydrogen) atoms. The first kappa shape index (κ1) is 47.4. The standard InChI is InChI=1S/C40H65NO13/c1-2-3-13-41-39-11-9-38(10-12-39)40(42)54-35-34-52-31-30-50-27-26-48-23-22-46-19-18-44-15-14-43-16-17-45-20-21-47-24-25-49-28-29-51-32-33-53-36-37-7-5-4-6-8-37/h4-12,41H,2-3,13-36H2,1H3. The van der Waals surface area contributed by atoms with Gasteiger partial charge in [0.15, 0.2) is 0 Å². The average molecular weight is 768 g/mol. The molecule has 0 saturated carbocycles. The molecule has 14 heteroatoms. The fourth-order valence-corrected chi connectivity index (χ4v) is 4.37. The summed E-state index contributed by atoms with van der Waals surface area (Å²) in [6.45, 7) is 14.1. The van der Waals surface area contributed by atoms with Gasteiger partial charge < -0.3 is 62.2 Å². The molecule has 0 amide bonds. The topological polar surface area (TPSA) is 140 Å². The summed E-state index contributed by atoms with van der Waals surface area (Å²) in [5.41, 5.74) is 2.67. The molecule has 0 aliphatic heterocycles. The highest BCUT2D eigenvalue weighted by Crippen LogP contribution is 2.11. The van der Waals surface area contributed by atoms with Crippen LogP contribution in [0.5, 0.6) is 0 Å². The zero-order valence-corrected chi connectivity index (χ0v) is 32.4. The molecule has 2 rings (SSSR count). The molecule has 0 aliphatic rings. The molecule has 0 spiro atoms. The molecule has 2 aromatic rings. The lowest BCUT2D eigenvalue weighted by Crippen LogP contribution is -2.15. The van der Waals surface area contributed by atoms with E-state index in [1.54, 1.807) is 12.1 Å². The van der Waals surface area contributed by atoms with Gasteiger partial charge in [0, 0.05) is 12.2 Å². The van der Waals surface area contributed by atoms with Gasteiger partial charge in [0.05, 0.1) is 151 Å². The lowest BCUT2D eigenvalue weighted by molar-refractivity contribution is -0.0282. The molecule has 0 heterocycles. The van der Waals surface area contributed by atoms with Gasteiger partial charge in [-0.25, -0.2) is 4.79 Å². The van der Waals surface area contributed by atoms with Gasteiger partial charge in [0.1, 0.15) is 6.61 Å². The van der Waals surface area contributed by atoms with Gasteiger partial charge in [-0.2, -0.15) is 0 Å². The summed E-state index contributed by atoms with van der Waals surface area (Å²) in [7, 11) is 0. The molecule has 1 N–H and O–H groups in total. The molecular formula is C40H65NO13. The highest BCUT2D eigenvalue weighted by atomic mass is 16.6. The van der Waals surface area contributed by atoms with Crippen LogP contribution >= 0.6 is 0 Å². The minimum absolute atomic E-state index is 0.189. The van der Waals surface area contributed by atoms with E-state index >= 15 is 0 Å². The van der Waals surface area contributed by atoms with Gasteiger partial charge in [-0.05, 0) is 36.2 Å². The summed E-state index contributed by atoms with van der Waals surface area (Å²) in [6, 6.07) is 17.4. The second kappa shape index (κ2) is 37.2. The maximum Gasteiger partial charge on any atom is 0.338 e. The first-order chi connectivity index (χ1) is 26.8. The van der Waals surface area contributed by atoms with E-state index in [4.69, 9.17) is 56.8 Å². The van der Waals surface area contributed by atoms with Gasteiger partial charge >= 0.3 is 5.97 Å². The van der Waals surface area contributed by atoms with Crippen molar-refractivity contribution in [2.75, 3.05) is 157 Å². The summed E-state index contributed by atoms with van der Waals surface area (Å²) in [5.74, 6) is -0.362. The lowest BCUT2D eigenvalue weighted by Gasteiger charge is -2.09. The van der Waals surface area contributed by atoms with E-state index in [0.717, 1.165) is 30.6 Å². The Morgan fingerprint density at radius 1 is 0.444 bits per heavy atom. The van der Waals surface area contributed by atoms with E-state index in [0.29, 0.717) is 151 Å². The molecule has 0 atom stereocenters. The minimum Gasteiger partial charge on any atom is -0.460 e. The number of benzene rings is 2. The van der Waals surface area contributed by atoms with E-state index in [9.17, 15) is 4.79 Å². The van der Waals surface area contributed by atoms with Gasteiger partial charge in [-0.15, -0.1) is 0 Å². The van der Waals surface area contributed by atoms with Crippen LogP contribution in [0.2, 0.25) is 0 Å². The number of nitrogens with one attached hydrogen (secondary N) is 1. The Morgan fingerprint density at radius 3 is 1.17 bits per heavy atom. The Kier molecular flexibility index (Phi) is 32.7. The lowest BCUT2D eigenvalue weighted by atomic mass is 10.2. The Morgan fingerprint density at radius 2 is 0.796 bits per heavy atom. The fourth-order valence-electron chi connectivity index (χ4n) is 4.37. The Hall–Kier alpha value is -2.73. The third kappa shape index (κ3) is 29.6. The van der Waals surface area contributed by atoms with E-state index in [-0.39, 0.29) is 12.6 Å². The molecule has 0 radical (unpaired) electrons. The number of anilines is 1. The molecule has 0 unspecified atom stereocenters. The van der Waals surface area contributed by atoms with Crippen molar-refractivity contribution in [3.8, 4) is 0 Å². The maximum atomic E-state index is 12.1. The van der Waals surface area contributed by atoms with Crippen LogP contribution in [0.15, 0.2) is 54.6 Å². The molecule has 0 fully saturated rings. The maximum absolute atomic E-state index is 12.1. The SMILES string of the molecule is CCCCNc1ccc(C(=O)OCCOCCOCCOCCOCCOCCOCCOCCOCCOCCOCCOCc2ccccc2)cc1. The van der Waals surface area contributed by atoms with Gasteiger partial charge in [0.25, 0.3) is 0 Å². The monoisotopic (exact) mass is 767 g/mol. The minimum atomic E-state index is -0.362. The first-order valence-electron chi connectivity index (χ1n) is 19.2. The summed E-state index contributed by atoms with van der Waals surface area (Å²) < 4.78 is 65.7.